The highest BCUT2D eigenvalue weighted by Gasteiger charge is 2.25. The number of rotatable bonds is 6. The molecule has 4 rings (SSSR count). The Morgan fingerprint density at radius 1 is 1.31 bits per heavy atom. The number of aromatic nitrogens is 2. The number of fused-ring (bicyclic) bond motifs is 1. The van der Waals surface area contributed by atoms with E-state index in [1.807, 2.05) is 63.2 Å². The van der Waals surface area contributed by atoms with Gasteiger partial charge in [0.05, 0.1) is 22.4 Å². The van der Waals surface area contributed by atoms with Gasteiger partial charge in [0.1, 0.15) is 11.9 Å². The summed E-state index contributed by atoms with van der Waals surface area (Å²) in [5.41, 5.74) is 6.95. The second-order valence-electron chi connectivity index (χ2n) is 7.96. The molecule has 168 valence electrons. The molecule has 1 aliphatic heterocycles. The van der Waals surface area contributed by atoms with Crippen molar-refractivity contribution in [1.29, 1.82) is 0 Å². The molecule has 2 aromatic carbocycles. The van der Waals surface area contributed by atoms with E-state index in [0.717, 1.165) is 27.7 Å². The first kappa shape index (κ1) is 21.9. The largest absolute Gasteiger partial charge is 0.484 e. The number of halogens is 1. The number of nitrogens with zero attached hydrogens (tertiary/aromatic N) is 3. The van der Waals surface area contributed by atoms with E-state index in [0.29, 0.717) is 16.7 Å². The van der Waals surface area contributed by atoms with Crippen molar-refractivity contribution in [2.45, 2.75) is 33.0 Å². The summed E-state index contributed by atoms with van der Waals surface area (Å²) >= 11 is 6.53. The van der Waals surface area contributed by atoms with E-state index in [4.69, 9.17) is 21.3 Å². The Morgan fingerprint density at radius 3 is 2.88 bits per heavy atom. The molecule has 0 saturated heterocycles. The molecule has 4 N–H and O–H groups in total. The van der Waals surface area contributed by atoms with E-state index < -0.39 is 0 Å². The number of ether oxygens (including phenoxy) is 1. The van der Waals surface area contributed by atoms with Crippen LogP contribution in [0.1, 0.15) is 31.1 Å². The lowest BCUT2D eigenvalue weighted by molar-refractivity contribution is -0.123. The van der Waals surface area contributed by atoms with Crippen LogP contribution in [0.25, 0.3) is 10.9 Å². The lowest BCUT2D eigenvalue weighted by atomic mass is 10.1. The fourth-order valence-electron chi connectivity index (χ4n) is 3.49. The number of hydrogen-bond acceptors (Lipinski definition) is 7. The van der Waals surface area contributed by atoms with Crippen LogP contribution in [-0.4, -0.2) is 46.8 Å². The van der Waals surface area contributed by atoms with Crippen molar-refractivity contribution in [3.63, 3.8) is 0 Å². The Kier molecular flexibility index (Phi) is 6.20. The van der Waals surface area contributed by atoms with Gasteiger partial charge in [-0.3, -0.25) is 14.9 Å². The Hall–Kier alpha value is -3.30. The molecule has 1 aromatic heterocycles. The van der Waals surface area contributed by atoms with Crippen LogP contribution in [0.2, 0.25) is 5.02 Å². The van der Waals surface area contributed by atoms with E-state index in [1.165, 1.54) is 0 Å². The average molecular weight is 456 g/mol. The Balaban J connectivity index is 1.47. The van der Waals surface area contributed by atoms with Crippen LogP contribution in [0, 0.1) is 6.92 Å². The van der Waals surface area contributed by atoms with Crippen LogP contribution in [0.5, 0.6) is 5.75 Å². The van der Waals surface area contributed by atoms with Crippen molar-refractivity contribution in [2.75, 3.05) is 19.0 Å². The van der Waals surface area contributed by atoms with Crippen molar-refractivity contribution < 1.29 is 9.53 Å². The number of amides is 1. The number of hydrogen-bond donors (Lipinski definition) is 4. The molecule has 1 aliphatic rings. The summed E-state index contributed by atoms with van der Waals surface area (Å²) in [6.07, 6.45) is 1.43. The molecule has 2 heterocycles. The van der Waals surface area contributed by atoms with E-state index in [1.54, 1.807) is 6.20 Å². The highest BCUT2D eigenvalue weighted by atomic mass is 35.5. The molecule has 1 unspecified atom stereocenters. The van der Waals surface area contributed by atoms with Gasteiger partial charge < -0.3 is 15.4 Å². The van der Waals surface area contributed by atoms with Crippen LogP contribution in [0.15, 0.2) is 41.5 Å². The number of aryl methyl sites for hydroxylation is 1. The topological polar surface area (TPSA) is 107 Å². The fraction of sp³-hybridized carbons (Fsp3) is 0.318. The van der Waals surface area contributed by atoms with Gasteiger partial charge in [-0.15, -0.1) is 0 Å². The maximum atomic E-state index is 11.8. The van der Waals surface area contributed by atoms with Crippen molar-refractivity contribution >= 4 is 40.1 Å². The number of H-pyrrole nitrogens is 1. The third-order valence-corrected chi connectivity index (χ3v) is 5.45. The minimum atomic E-state index is -0.266. The molecular formula is C22H26ClN7O2. The van der Waals surface area contributed by atoms with E-state index >= 15 is 0 Å². The van der Waals surface area contributed by atoms with Gasteiger partial charge in [-0.05, 0) is 56.2 Å². The van der Waals surface area contributed by atoms with Crippen molar-refractivity contribution in [3.05, 3.63) is 52.7 Å². The first-order chi connectivity index (χ1) is 15.3. The number of carbonyl (C=O) groups is 1. The zero-order chi connectivity index (χ0) is 22.8. The highest BCUT2D eigenvalue weighted by molar-refractivity contribution is 6.38. The normalized spacial score (nSPS) is 15.9. The summed E-state index contributed by atoms with van der Waals surface area (Å²) < 4.78 is 5.62. The highest BCUT2D eigenvalue weighted by Crippen LogP contribution is 2.31. The molecule has 0 fully saturated rings. The molecule has 0 spiro atoms. The molecular weight excluding hydrogens is 430 g/mol. The minimum Gasteiger partial charge on any atom is -0.484 e. The molecule has 0 saturated carbocycles. The Morgan fingerprint density at radius 2 is 2.12 bits per heavy atom. The predicted octanol–water partition coefficient (Wildman–Crippen LogP) is 3.34. The number of aromatic amines is 1. The van der Waals surface area contributed by atoms with Gasteiger partial charge in [-0.2, -0.15) is 5.10 Å². The Labute approximate surface area is 191 Å². The maximum Gasteiger partial charge on any atom is 0.258 e. The average Bonchev–Trinajstić information content (AvgIpc) is 3.35. The molecule has 1 atom stereocenters. The molecule has 9 nitrogen and oxygen atoms in total. The summed E-state index contributed by atoms with van der Waals surface area (Å²) in [6, 6.07) is 9.59. The lowest BCUT2D eigenvalue weighted by Gasteiger charge is -2.18. The summed E-state index contributed by atoms with van der Waals surface area (Å²) in [6.45, 7) is 5.80. The van der Waals surface area contributed by atoms with Crippen molar-refractivity contribution in [3.8, 4) is 5.75 Å². The number of nitrogens with one attached hydrogen (secondary N) is 4. The molecule has 10 heteroatoms. The van der Waals surface area contributed by atoms with Crippen molar-refractivity contribution in [1.82, 2.24) is 25.9 Å². The summed E-state index contributed by atoms with van der Waals surface area (Å²) in [4.78, 5) is 16.6. The smallest absolute Gasteiger partial charge is 0.258 e. The number of guanidine groups is 1. The van der Waals surface area contributed by atoms with Gasteiger partial charge in [0, 0.05) is 18.5 Å². The van der Waals surface area contributed by atoms with Gasteiger partial charge in [-0.1, -0.05) is 17.7 Å². The molecule has 0 bridgehead atoms. The quantitative estimate of drug-likeness (QED) is 0.454. The minimum absolute atomic E-state index is 0.0185. The van der Waals surface area contributed by atoms with Crippen molar-refractivity contribution in [2.24, 2.45) is 4.99 Å². The monoisotopic (exact) mass is 455 g/mol. The number of benzene rings is 2. The molecule has 0 radical (unpaired) electrons. The van der Waals surface area contributed by atoms with Gasteiger partial charge in [0.25, 0.3) is 5.91 Å². The summed E-state index contributed by atoms with van der Waals surface area (Å²) in [5.74, 6) is 1.14. The molecule has 1 amide bonds. The summed E-state index contributed by atoms with van der Waals surface area (Å²) in [5, 5.41) is 16.3. The van der Waals surface area contributed by atoms with E-state index in [9.17, 15) is 4.79 Å². The second kappa shape index (κ2) is 9.05. The standard InChI is InChI=1S/C22H26ClN7O2/c1-12(2)25-19(31)11-32-14-5-6-15(13(3)9-14)21-27-22(30(4)29-21)26-18-8-7-17-16(20(18)23)10-24-28-17/h5-10,12,21,29H,11H2,1-4H3,(H,24,28)(H,25,31)(H,26,27). The molecule has 3 aromatic rings. The lowest BCUT2D eigenvalue weighted by Crippen LogP contribution is -2.37. The van der Waals surface area contributed by atoms with E-state index in [2.05, 4.69) is 26.3 Å². The maximum absolute atomic E-state index is 11.8. The van der Waals surface area contributed by atoms with Crippen LogP contribution < -0.4 is 20.8 Å². The number of hydrazine groups is 1. The third kappa shape index (κ3) is 4.63. The first-order valence-electron chi connectivity index (χ1n) is 10.3. The third-order valence-electron chi connectivity index (χ3n) is 5.05. The van der Waals surface area contributed by atoms with Crippen LogP contribution in [-0.2, 0) is 4.79 Å². The van der Waals surface area contributed by atoms with Gasteiger partial charge in [0.2, 0.25) is 5.96 Å². The molecule has 32 heavy (non-hydrogen) atoms. The zero-order valence-electron chi connectivity index (χ0n) is 18.4. The van der Waals surface area contributed by atoms with Gasteiger partial charge in [-0.25, -0.2) is 10.4 Å². The van der Waals surface area contributed by atoms with Gasteiger partial charge in [0.15, 0.2) is 6.61 Å². The summed E-state index contributed by atoms with van der Waals surface area (Å²) in [7, 11) is 1.89. The second-order valence-corrected chi connectivity index (χ2v) is 8.33. The Bertz CT molecular complexity index is 1170. The van der Waals surface area contributed by atoms with Gasteiger partial charge >= 0.3 is 0 Å². The number of aliphatic imine (C=N–C) groups is 1. The fourth-order valence-corrected chi connectivity index (χ4v) is 3.76. The van der Waals surface area contributed by atoms with Crippen LogP contribution in [0.4, 0.5) is 5.69 Å². The molecule has 0 aliphatic carbocycles. The first-order valence-corrected chi connectivity index (χ1v) is 10.7. The number of carbonyl (C=O) groups excluding carboxylic acids is 1. The van der Waals surface area contributed by atoms with E-state index in [-0.39, 0.29) is 24.7 Å². The number of anilines is 1. The van der Waals surface area contributed by atoms with Crippen LogP contribution >= 0.6 is 11.6 Å². The SMILES string of the molecule is Cc1cc(OCC(=O)NC(C)C)ccc1C1N=C(Nc2ccc3[nH]ncc3c2Cl)N(C)N1. The zero-order valence-corrected chi connectivity index (χ0v) is 19.1. The van der Waals surface area contributed by atoms with Crippen LogP contribution in [0.3, 0.4) is 0 Å². The predicted molar refractivity (Wildman–Crippen MR) is 126 cm³/mol.